The molecule has 1 heterocycles. The average molecular weight is 361 g/mol. The van der Waals surface area contributed by atoms with E-state index in [2.05, 4.69) is 89.1 Å². The maximum atomic E-state index is 3.56. The first-order chi connectivity index (χ1) is 12.9. The van der Waals surface area contributed by atoms with Crippen molar-refractivity contribution in [2.75, 3.05) is 18.0 Å². The highest BCUT2D eigenvalue weighted by Crippen LogP contribution is 2.47. The minimum absolute atomic E-state index is 0.951. The molecule has 0 saturated carbocycles. The van der Waals surface area contributed by atoms with E-state index in [0.29, 0.717) is 0 Å². The van der Waals surface area contributed by atoms with Crippen molar-refractivity contribution < 1.29 is 0 Å². The van der Waals surface area contributed by atoms with Gasteiger partial charge < -0.3 is 10.2 Å². The van der Waals surface area contributed by atoms with Crippen LogP contribution in [0.15, 0.2) is 88.7 Å². The summed E-state index contributed by atoms with van der Waals surface area (Å²) in [4.78, 5) is 5.19. The zero-order chi connectivity index (χ0) is 17.6. The van der Waals surface area contributed by atoms with Crippen molar-refractivity contribution in [2.45, 2.75) is 29.2 Å². The van der Waals surface area contributed by atoms with Crippen LogP contribution >= 0.6 is 11.8 Å². The Balaban J connectivity index is 1.33. The summed E-state index contributed by atoms with van der Waals surface area (Å²) in [7, 11) is 0. The topological polar surface area (TPSA) is 15.3 Å². The fraction of sp³-hybridized carbons (Fsp3) is 0.217. The van der Waals surface area contributed by atoms with Gasteiger partial charge in [0, 0.05) is 22.9 Å². The van der Waals surface area contributed by atoms with Gasteiger partial charge in [-0.05, 0) is 49.2 Å². The maximum Gasteiger partial charge on any atom is 0.0552 e. The molecule has 1 N–H and O–H groups in total. The molecule has 0 saturated heterocycles. The summed E-state index contributed by atoms with van der Waals surface area (Å²) in [6.07, 6.45) is 2.36. The Hall–Kier alpha value is -2.23. The van der Waals surface area contributed by atoms with Crippen LogP contribution in [0.1, 0.15) is 18.4 Å². The van der Waals surface area contributed by atoms with E-state index in [-0.39, 0.29) is 0 Å². The third-order valence-corrected chi connectivity index (χ3v) is 5.82. The molecule has 0 spiro atoms. The Morgan fingerprint density at radius 1 is 0.692 bits per heavy atom. The van der Waals surface area contributed by atoms with Crippen molar-refractivity contribution in [3.63, 3.8) is 0 Å². The van der Waals surface area contributed by atoms with E-state index in [1.807, 2.05) is 11.8 Å². The molecule has 26 heavy (non-hydrogen) atoms. The molecule has 132 valence electrons. The molecular formula is C23H24N2S. The number of unbranched alkanes of at least 4 members (excludes halogenated alkanes) is 1. The van der Waals surface area contributed by atoms with E-state index < -0.39 is 0 Å². The second-order valence-corrected chi connectivity index (χ2v) is 7.64. The minimum Gasteiger partial charge on any atom is -0.340 e. The summed E-state index contributed by atoms with van der Waals surface area (Å²) in [5, 5.41) is 3.56. The highest BCUT2D eigenvalue weighted by Gasteiger charge is 2.21. The van der Waals surface area contributed by atoms with Crippen LogP contribution in [-0.2, 0) is 6.54 Å². The predicted octanol–water partition coefficient (Wildman–Crippen LogP) is 5.86. The Morgan fingerprint density at radius 3 is 2.00 bits per heavy atom. The van der Waals surface area contributed by atoms with E-state index in [4.69, 9.17) is 0 Å². The van der Waals surface area contributed by atoms with Crippen LogP contribution < -0.4 is 10.2 Å². The van der Waals surface area contributed by atoms with Gasteiger partial charge in [0.25, 0.3) is 0 Å². The zero-order valence-corrected chi connectivity index (χ0v) is 15.7. The average Bonchev–Trinajstić information content (AvgIpc) is 2.70. The Bertz CT molecular complexity index is 802. The van der Waals surface area contributed by atoms with Gasteiger partial charge in [0.05, 0.1) is 11.4 Å². The number of hydrogen-bond acceptors (Lipinski definition) is 3. The van der Waals surface area contributed by atoms with Crippen molar-refractivity contribution >= 4 is 23.1 Å². The van der Waals surface area contributed by atoms with Gasteiger partial charge in [0.2, 0.25) is 0 Å². The lowest BCUT2D eigenvalue weighted by Gasteiger charge is -2.32. The van der Waals surface area contributed by atoms with Crippen molar-refractivity contribution in [1.82, 2.24) is 5.32 Å². The van der Waals surface area contributed by atoms with Gasteiger partial charge in [0.1, 0.15) is 0 Å². The fourth-order valence-corrected chi connectivity index (χ4v) is 4.47. The summed E-state index contributed by atoms with van der Waals surface area (Å²) in [6, 6.07) is 28.1. The van der Waals surface area contributed by atoms with Gasteiger partial charge >= 0.3 is 0 Å². The quantitative estimate of drug-likeness (QED) is 0.531. The van der Waals surface area contributed by atoms with Crippen LogP contribution in [-0.4, -0.2) is 13.1 Å². The summed E-state index contributed by atoms with van der Waals surface area (Å²) in [5.41, 5.74) is 4.03. The molecule has 2 nitrogen and oxygen atoms in total. The van der Waals surface area contributed by atoms with E-state index in [1.54, 1.807) is 0 Å². The summed E-state index contributed by atoms with van der Waals surface area (Å²) in [6.45, 7) is 3.06. The molecule has 0 radical (unpaired) electrons. The van der Waals surface area contributed by atoms with Crippen LogP contribution in [0, 0.1) is 0 Å². The fourth-order valence-electron chi connectivity index (χ4n) is 3.37. The molecule has 0 unspecified atom stereocenters. The molecule has 3 aromatic carbocycles. The van der Waals surface area contributed by atoms with Crippen LogP contribution in [0.3, 0.4) is 0 Å². The first-order valence-corrected chi connectivity index (χ1v) is 10.1. The van der Waals surface area contributed by atoms with Crippen molar-refractivity contribution in [2.24, 2.45) is 0 Å². The monoisotopic (exact) mass is 360 g/mol. The van der Waals surface area contributed by atoms with E-state index in [9.17, 15) is 0 Å². The number of anilines is 2. The van der Waals surface area contributed by atoms with Crippen molar-refractivity contribution in [1.29, 1.82) is 0 Å². The lowest BCUT2D eigenvalue weighted by Crippen LogP contribution is -2.23. The molecule has 4 rings (SSSR count). The van der Waals surface area contributed by atoms with E-state index in [1.165, 1.54) is 39.6 Å². The molecule has 0 bridgehead atoms. The van der Waals surface area contributed by atoms with Gasteiger partial charge in [-0.1, -0.05) is 66.4 Å². The highest BCUT2D eigenvalue weighted by molar-refractivity contribution is 7.99. The number of rotatable bonds is 7. The van der Waals surface area contributed by atoms with Gasteiger partial charge in [-0.15, -0.1) is 0 Å². The Kier molecular flexibility index (Phi) is 5.58. The number of nitrogens with zero attached hydrogens (tertiary/aromatic N) is 1. The second-order valence-electron chi connectivity index (χ2n) is 6.56. The molecule has 1 aliphatic heterocycles. The molecule has 3 aromatic rings. The minimum atomic E-state index is 0.951. The third kappa shape index (κ3) is 3.95. The van der Waals surface area contributed by atoms with E-state index >= 15 is 0 Å². The highest BCUT2D eigenvalue weighted by atomic mass is 32.2. The SMILES string of the molecule is c1ccc(CNCCCCN2c3ccccc3Sc3ccccc32)cc1. The first kappa shape index (κ1) is 17.2. The lowest BCUT2D eigenvalue weighted by molar-refractivity contribution is 0.623. The number of fused-ring (bicyclic) bond motifs is 2. The first-order valence-electron chi connectivity index (χ1n) is 9.30. The second kappa shape index (κ2) is 8.43. The van der Waals surface area contributed by atoms with Gasteiger partial charge in [0.15, 0.2) is 0 Å². The molecule has 0 atom stereocenters. The smallest absolute Gasteiger partial charge is 0.0552 e. The van der Waals surface area contributed by atoms with Gasteiger partial charge in [-0.3, -0.25) is 0 Å². The van der Waals surface area contributed by atoms with Crippen LogP contribution in [0.2, 0.25) is 0 Å². The largest absolute Gasteiger partial charge is 0.340 e. The van der Waals surface area contributed by atoms with Crippen molar-refractivity contribution in [3.05, 3.63) is 84.4 Å². The number of benzene rings is 3. The van der Waals surface area contributed by atoms with Crippen LogP contribution in [0.25, 0.3) is 0 Å². The van der Waals surface area contributed by atoms with Crippen molar-refractivity contribution in [3.8, 4) is 0 Å². The predicted molar refractivity (Wildman–Crippen MR) is 111 cm³/mol. The standard InChI is InChI=1S/C23H24N2S/c1-2-10-19(11-3-1)18-24-16-8-9-17-25-20-12-4-6-14-22(20)26-23-15-7-5-13-21(23)25/h1-7,10-15,24H,8-9,16-18H2. The summed E-state index contributed by atoms with van der Waals surface area (Å²) in [5.74, 6) is 0. The van der Waals surface area contributed by atoms with Crippen LogP contribution in [0.4, 0.5) is 11.4 Å². The maximum absolute atomic E-state index is 3.56. The van der Waals surface area contributed by atoms with E-state index in [0.717, 1.165) is 19.6 Å². The molecule has 0 amide bonds. The molecular weight excluding hydrogens is 336 g/mol. The molecule has 1 aliphatic rings. The Labute approximate surface area is 160 Å². The summed E-state index contributed by atoms with van der Waals surface area (Å²) < 4.78 is 0. The van der Waals surface area contributed by atoms with Gasteiger partial charge in [-0.25, -0.2) is 0 Å². The summed E-state index contributed by atoms with van der Waals surface area (Å²) >= 11 is 1.88. The Morgan fingerprint density at radius 2 is 1.31 bits per heavy atom. The third-order valence-electron chi connectivity index (χ3n) is 4.69. The van der Waals surface area contributed by atoms with Crippen LogP contribution in [0.5, 0.6) is 0 Å². The molecule has 3 heteroatoms. The molecule has 0 fully saturated rings. The lowest BCUT2D eigenvalue weighted by atomic mass is 10.2. The number of para-hydroxylation sites is 2. The zero-order valence-electron chi connectivity index (χ0n) is 14.9. The molecule has 0 aliphatic carbocycles. The van der Waals surface area contributed by atoms with Gasteiger partial charge in [-0.2, -0.15) is 0 Å². The number of nitrogens with one attached hydrogen (secondary N) is 1. The molecule has 0 aromatic heterocycles. The normalized spacial score (nSPS) is 12.5. The number of hydrogen-bond donors (Lipinski definition) is 1.